The van der Waals surface area contributed by atoms with E-state index in [1.54, 1.807) is 17.4 Å². The molecule has 4 nitrogen and oxygen atoms in total. The number of carbonyl (C=O) groups excluding carboxylic acids is 1. The number of hydrogen-bond acceptors (Lipinski definition) is 4. The van der Waals surface area contributed by atoms with Crippen molar-refractivity contribution < 1.29 is 9.90 Å². The van der Waals surface area contributed by atoms with E-state index in [1.165, 1.54) is 6.08 Å². The van der Waals surface area contributed by atoms with E-state index in [4.69, 9.17) is 0 Å². The maximum atomic E-state index is 11.5. The van der Waals surface area contributed by atoms with Gasteiger partial charge in [0.2, 0.25) is 5.91 Å². The Hall–Kier alpha value is -1.20. The molecule has 0 spiro atoms. The van der Waals surface area contributed by atoms with Gasteiger partial charge in [-0.3, -0.25) is 4.79 Å². The van der Waals surface area contributed by atoms with Gasteiger partial charge >= 0.3 is 0 Å². The van der Waals surface area contributed by atoms with Crippen LogP contribution in [0.15, 0.2) is 11.5 Å². The average Bonchev–Trinajstić information content (AvgIpc) is 2.67. The number of aliphatic hydroxyl groups is 1. The van der Waals surface area contributed by atoms with Crippen molar-refractivity contribution in [2.75, 3.05) is 6.54 Å². The molecule has 1 aliphatic carbocycles. The number of carbonyl (C=O) groups is 1. The Labute approximate surface area is 104 Å². The van der Waals surface area contributed by atoms with Crippen LogP contribution in [0.4, 0.5) is 0 Å². The smallest absolute Gasteiger partial charge is 0.244 e. The molecule has 2 rings (SSSR count). The van der Waals surface area contributed by atoms with E-state index in [0.717, 1.165) is 30.0 Å². The van der Waals surface area contributed by atoms with Crippen LogP contribution in [0.2, 0.25) is 0 Å². The van der Waals surface area contributed by atoms with Crippen molar-refractivity contribution in [3.05, 3.63) is 22.2 Å². The predicted octanol–water partition coefficient (Wildman–Crippen LogP) is 1.50. The fourth-order valence-electron chi connectivity index (χ4n) is 1.69. The Bertz CT molecular complexity index is 435. The van der Waals surface area contributed by atoms with Gasteiger partial charge in [-0.15, -0.1) is 11.3 Å². The van der Waals surface area contributed by atoms with Gasteiger partial charge in [-0.05, 0) is 32.3 Å². The molecule has 1 fully saturated rings. The van der Waals surface area contributed by atoms with E-state index >= 15 is 0 Å². The zero-order valence-corrected chi connectivity index (χ0v) is 10.6. The van der Waals surface area contributed by atoms with Crippen LogP contribution in [-0.4, -0.2) is 28.1 Å². The molecule has 0 radical (unpaired) electrons. The molecule has 1 heterocycles. The van der Waals surface area contributed by atoms with Crippen molar-refractivity contribution in [1.82, 2.24) is 10.3 Å². The summed E-state index contributed by atoms with van der Waals surface area (Å²) in [5.41, 5.74) is 0.130. The summed E-state index contributed by atoms with van der Waals surface area (Å²) in [6, 6.07) is 0. The topological polar surface area (TPSA) is 62.2 Å². The van der Waals surface area contributed by atoms with Gasteiger partial charge in [-0.2, -0.15) is 0 Å². The van der Waals surface area contributed by atoms with E-state index in [1.807, 2.05) is 12.3 Å². The number of hydrogen-bond donors (Lipinski definition) is 2. The summed E-state index contributed by atoms with van der Waals surface area (Å²) in [7, 11) is 0. The average molecular weight is 252 g/mol. The highest BCUT2D eigenvalue weighted by atomic mass is 32.1. The number of aryl methyl sites for hydroxylation is 1. The van der Waals surface area contributed by atoms with Crippen LogP contribution in [0.1, 0.15) is 30.0 Å². The molecule has 1 aliphatic rings. The van der Waals surface area contributed by atoms with Crippen molar-refractivity contribution in [1.29, 1.82) is 0 Å². The molecule has 0 atom stereocenters. The Kier molecular flexibility index (Phi) is 3.59. The quantitative estimate of drug-likeness (QED) is 0.798. The second-order valence-corrected chi connectivity index (χ2v) is 5.48. The molecule has 1 saturated carbocycles. The normalized spacial score (nSPS) is 18.0. The highest BCUT2D eigenvalue weighted by Gasteiger charge is 2.34. The summed E-state index contributed by atoms with van der Waals surface area (Å²) in [5, 5.41) is 15.4. The molecule has 1 aromatic heterocycles. The Morgan fingerprint density at radius 1 is 1.71 bits per heavy atom. The van der Waals surface area contributed by atoms with E-state index in [9.17, 15) is 9.90 Å². The first-order valence-electron chi connectivity index (χ1n) is 5.68. The van der Waals surface area contributed by atoms with Crippen molar-refractivity contribution >= 4 is 23.3 Å². The van der Waals surface area contributed by atoms with Crippen molar-refractivity contribution in [3.8, 4) is 0 Å². The maximum absolute atomic E-state index is 11.5. The van der Waals surface area contributed by atoms with Crippen molar-refractivity contribution in [2.24, 2.45) is 0 Å². The van der Waals surface area contributed by atoms with Crippen LogP contribution in [0.3, 0.4) is 0 Å². The molecule has 1 amide bonds. The van der Waals surface area contributed by atoms with E-state index in [0.29, 0.717) is 6.54 Å². The molecule has 0 aliphatic heterocycles. The minimum absolute atomic E-state index is 0.184. The largest absolute Gasteiger partial charge is 0.388 e. The molecule has 0 bridgehead atoms. The number of aromatic nitrogens is 1. The molecule has 92 valence electrons. The molecular weight excluding hydrogens is 236 g/mol. The molecular formula is C12H16N2O2S. The van der Waals surface area contributed by atoms with Gasteiger partial charge < -0.3 is 10.4 Å². The molecule has 0 unspecified atom stereocenters. The lowest BCUT2D eigenvalue weighted by Gasteiger charge is -2.36. The minimum Gasteiger partial charge on any atom is -0.388 e. The van der Waals surface area contributed by atoms with Gasteiger partial charge in [-0.25, -0.2) is 4.98 Å². The maximum Gasteiger partial charge on any atom is 0.244 e. The van der Waals surface area contributed by atoms with Gasteiger partial charge in [0.15, 0.2) is 0 Å². The van der Waals surface area contributed by atoms with Gasteiger partial charge in [-0.1, -0.05) is 0 Å². The van der Waals surface area contributed by atoms with Gasteiger partial charge in [0, 0.05) is 18.0 Å². The van der Waals surface area contributed by atoms with E-state index in [2.05, 4.69) is 10.3 Å². The third-order valence-corrected chi connectivity index (χ3v) is 3.71. The lowest BCUT2D eigenvalue weighted by molar-refractivity contribution is -0.118. The van der Waals surface area contributed by atoms with Crippen LogP contribution < -0.4 is 5.32 Å². The zero-order valence-electron chi connectivity index (χ0n) is 9.77. The molecule has 0 aromatic carbocycles. The second kappa shape index (κ2) is 4.98. The van der Waals surface area contributed by atoms with Crippen LogP contribution in [0, 0.1) is 6.92 Å². The summed E-state index contributed by atoms with van der Waals surface area (Å²) >= 11 is 1.55. The Balaban J connectivity index is 1.79. The fraction of sp³-hybridized carbons (Fsp3) is 0.500. The highest BCUT2D eigenvalue weighted by Crippen LogP contribution is 2.30. The van der Waals surface area contributed by atoms with Crippen LogP contribution >= 0.6 is 11.3 Å². The standard InChI is InChI=1S/C12H16N2O2S/c1-9-14-10(7-17-9)3-4-11(15)13-8-12(16)5-2-6-12/h3-4,7,16H,2,5-6,8H2,1H3,(H,13,15)/b4-3+. The molecule has 5 heteroatoms. The molecule has 2 N–H and O–H groups in total. The molecule has 0 saturated heterocycles. The second-order valence-electron chi connectivity index (χ2n) is 4.42. The van der Waals surface area contributed by atoms with Gasteiger partial charge in [0.05, 0.1) is 16.3 Å². The first-order chi connectivity index (χ1) is 8.07. The molecule has 17 heavy (non-hydrogen) atoms. The summed E-state index contributed by atoms with van der Waals surface area (Å²) in [5.74, 6) is -0.184. The number of thiazole rings is 1. The summed E-state index contributed by atoms with van der Waals surface area (Å²) in [6.07, 6.45) is 5.74. The zero-order chi connectivity index (χ0) is 12.3. The number of nitrogens with one attached hydrogen (secondary N) is 1. The highest BCUT2D eigenvalue weighted by molar-refractivity contribution is 7.09. The van der Waals surface area contributed by atoms with Crippen molar-refractivity contribution in [3.63, 3.8) is 0 Å². The SMILES string of the molecule is Cc1nc(/C=C/C(=O)NCC2(O)CCC2)cs1. The number of amides is 1. The lowest BCUT2D eigenvalue weighted by Crippen LogP contribution is -2.47. The lowest BCUT2D eigenvalue weighted by atomic mass is 9.80. The first-order valence-corrected chi connectivity index (χ1v) is 6.56. The third-order valence-electron chi connectivity index (χ3n) is 2.92. The van der Waals surface area contributed by atoms with Crippen LogP contribution in [0.25, 0.3) is 6.08 Å². The summed E-state index contributed by atoms with van der Waals surface area (Å²) in [6.45, 7) is 2.26. The van der Waals surface area contributed by atoms with E-state index in [-0.39, 0.29) is 5.91 Å². The number of nitrogens with zero attached hydrogens (tertiary/aromatic N) is 1. The minimum atomic E-state index is -0.666. The Morgan fingerprint density at radius 3 is 3.00 bits per heavy atom. The monoisotopic (exact) mass is 252 g/mol. The van der Waals surface area contributed by atoms with E-state index < -0.39 is 5.60 Å². The predicted molar refractivity (Wildman–Crippen MR) is 67.7 cm³/mol. The number of rotatable bonds is 4. The van der Waals surface area contributed by atoms with Gasteiger partial charge in [0.1, 0.15) is 0 Å². The van der Waals surface area contributed by atoms with Gasteiger partial charge in [0.25, 0.3) is 0 Å². The Morgan fingerprint density at radius 2 is 2.47 bits per heavy atom. The van der Waals surface area contributed by atoms with Crippen LogP contribution in [-0.2, 0) is 4.79 Å². The summed E-state index contributed by atoms with van der Waals surface area (Å²) in [4.78, 5) is 15.7. The van der Waals surface area contributed by atoms with Crippen LogP contribution in [0.5, 0.6) is 0 Å². The third kappa shape index (κ3) is 3.38. The first kappa shape index (κ1) is 12.3. The fourth-order valence-corrected chi connectivity index (χ4v) is 2.27. The summed E-state index contributed by atoms with van der Waals surface area (Å²) < 4.78 is 0. The van der Waals surface area contributed by atoms with Crippen molar-refractivity contribution in [2.45, 2.75) is 31.8 Å². The molecule has 1 aromatic rings.